The van der Waals surface area contributed by atoms with Crippen LogP contribution in [0, 0.1) is 5.92 Å². The van der Waals surface area contributed by atoms with Gasteiger partial charge >= 0.3 is 6.09 Å². The number of carbonyl (C=O) groups excluding carboxylic acids is 1. The van der Waals surface area contributed by atoms with Crippen molar-refractivity contribution in [1.29, 1.82) is 0 Å². The van der Waals surface area contributed by atoms with Crippen molar-refractivity contribution in [2.45, 2.75) is 65.9 Å². The van der Waals surface area contributed by atoms with E-state index < -0.39 is 5.60 Å². The molecule has 0 saturated carbocycles. The first-order valence-electron chi connectivity index (χ1n) is 9.74. The van der Waals surface area contributed by atoms with E-state index >= 15 is 0 Å². The summed E-state index contributed by atoms with van der Waals surface area (Å²) in [5.41, 5.74) is -0.440. The number of hydrogen-bond acceptors (Lipinski definition) is 3. The summed E-state index contributed by atoms with van der Waals surface area (Å²) >= 11 is 0. The molecular weight excluding hydrogens is 316 g/mol. The third kappa shape index (κ3) is 7.97. The number of guanidine groups is 1. The molecule has 1 rings (SSSR count). The predicted molar refractivity (Wildman–Crippen MR) is 104 cm³/mol. The summed E-state index contributed by atoms with van der Waals surface area (Å²) in [5, 5.41) is 3.44. The Hall–Kier alpha value is -1.46. The molecule has 6 heteroatoms. The number of rotatable bonds is 6. The fraction of sp³-hybridized carbons (Fsp3) is 0.895. The zero-order valence-electron chi connectivity index (χ0n) is 17.1. The number of hydrogen-bond donors (Lipinski definition) is 1. The van der Waals surface area contributed by atoms with E-state index in [4.69, 9.17) is 4.74 Å². The molecular formula is C19H38N4O2. The van der Waals surface area contributed by atoms with Crippen LogP contribution in [-0.4, -0.2) is 67.2 Å². The van der Waals surface area contributed by atoms with Gasteiger partial charge in [0.1, 0.15) is 5.60 Å². The van der Waals surface area contributed by atoms with Gasteiger partial charge in [0.05, 0.1) is 0 Å². The number of amides is 1. The highest BCUT2D eigenvalue weighted by Gasteiger charge is 2.26. The molecule has 0 radical (unpaired) electrons. The molecule has 1 aliphatic rings. The number of carbonyl (C=O) groups is 1. The van der Waals surface area contributed by atoms with Crippen LogP contribution in [0.15, 0.2) is 4.99 Å². The highest BCUT2D eigenvalue weighted by atomic mass is 16.6. The lowest BCUT2D eigenvalue weighted by molar-refractivity contribution is 0.0214. The van der Waals surface area contributed by atoms with E-state index in [1.54, 1.807) is 0 Å². The molecule has 0 aliphatic carbocycles. The van der Waals surface area contributed by atoms with Crippen molar-refractivity contribution >= 4 is 12.1 Å². The summed E-state index contributed by atoms with van der Waals surface area (Å²) in [4.78, 5) is 20.9. The Morgan fingerprint density at radius 1 is 1.28 bits per heavy atom. The normalized spacial score (nSPS) is 16.7. The quantitative estimate of drug-likeness (QED) is 0.451. The summed E-state index contributed by atoms with van der Waals surface area (Å²) in [7, 11) is 1.85. The van der Waals surface area contributed by atoms with Gasteiger partial charge in [-0.15, -0.1) is 0 Å². The summed E-state index contributed by atoms with van der Waals surface area (Å²) in [6, 6.07) is 0. The third-order valence-electron chi connectivity index (χ3n) is 4.45. The fourth-order valence-corrected chi connectivity index (χ4v) is 3.01. The molecule has 146 valence electrons. The Bertz CT molecular complexity index is 424. The molecule has 25 heavy (non-hydrogen) atoms. The van der Waals surface area contributed by atoms with Gasteiger partial charge in [-0.1, -0.05) is 13.3 Å². The first-order chi connectivity index (χ1) is 11.8. The van der Waals surface area contributed by atoms with Crippen molar-refractivity contribution in [3.63, 3.8) is 0 Å². The number of likely N-dealkylation sites (tertiary alicyclic amines) is 1. The van der Waals surface area contributed by atoms with Crippen LogP contribution in [0.2, 0.25) is 0 Å². The van der Waals surface area contributed by atoms with Gasteiger partial charge in [-0.2, -0.15) is 0 Å². The van der Waals surface area contributed by atoms with Crippen LogP contribution in [0.5, 0.6) is 0 Å². The molecule has 1 N–H and O–H groups in total. The Kier molecular flexibility index (Phi) is 9.08. The number of nitrogens with zero attached hydrogens (tertiary/aromatic N) is 3. The standard InChI is InChI=1S/C19H38N4O2/c1-7-9-12-21-17(20-6)23-13-10-16(11-14-23)15-22(8-2)18(24)25-19(3,4)5/h16H,7-15H2,1-6H3,(H,20,21). The first-order valence-corrected chi connectivity index (χ1v) is 9.74. The predicted octanol–water partition coefficient (Wildman–Crippen LogP) is 3.33. The number of aliphatic imine (C=N–C) groups is 1. The average molecular weight is 355 g/mol. The monoisotopic (exact) mass is 354 g/mol. The van der Waals surface area contributed by atoms with E-state index in [2.05, 4.69) is 22.1 Å². The second-order valence-corrected chi connectivity index (χ2v) is 7.78. The lowest BCUT2D eigenvalue weighted by atomic mass is 9.96. The molecule has 1 fully saturated rings. The molecule has 1 heterocycles. The second kappa shape index (κ2) is 10.5. The minimum Gasteiger partial charge on any atom is -0.444 e. The Morgan fingerprint density at radius 3 is 2.40 bits per heavy atom. The van der Waals surface area contributed by atoms with Crippen molar-refractivity contribution in [3.05, 3.63) is 0 Å². The van der Waals surface area contributed by atoms with Crippen molar-refractivity contribution in [2.24, 2.45) is 10.9 Å². The Morgan fingerprint density at radius 2 is 1.92 bits per heavy atom. The van der Waals surface area contributed by atoms with Crippen LogP contribution >= 0.6 is 0 Å². The number of ether oxygens (including phenoxy) is 1. The van der Waals surface area contributed by atoms with Crippen molar-refractivity contribution in [3.8, 4) is 0 Å². The smallest absolute Gasteiger partial charge is 0.410 e. The molecule has 0 unspecified atom stereocenters. The van der Waals surface area contributed by atoms with Gasteiger partial charge in [0.2, 0.25) is 0 Å². The first kappa shape index (κ1) is 21.6. The summed E-state index contributed by atoms with van der Waals surface area (Å²) < 4.78 is 5.51. The van der Waals surface area contributed by atoms with Crippen molar-refractivity contribution in [1.82, 2.24) is 15.1 Å². The second-order valence-electron chi connectivity index (χ2n) is 7.78. The molecule has 1 saturated heterocycles. The van der Waals surface area contributed by atoms with Gasteiger partial charge in [-0.3, -0.25) is 4.99 Å². The lowest BCUT2D eigenvalue weighted by Crippen LogP contribution is -2.48. The van der Waals surface area contributed by atoms with Crippen molar-refractivity contribution < 1.29 is 9.53 Å². The van der Waals surface area contributed by atoms with E-state index in [0.717, 1.165) is 51.4 Å². The lowest BCUT2D eigenvalue weighted by Gasteiger charge is -2.36. The maximum absolute atomic E-state index is 12.3. The average Bonchev–Trinajstić information content (AvgIpc) is 2.56. The van der Waals surface area contributed by atoms with Crippen LogP contribution in [0.1, 0.15) is 60.3 Å². The highest BCUT2D eigenvalue weighted by Crippen LogP contribution is 2.20. The zero-order valence-corrected chi connectivity index (χ0v) is 17.1. The van der Waals surface area contributed by atoms with Crippen LogP contribution in [0.4, 0.5) is 4.79 Å². The highest BCUT2D eigenvalue weighted by molar-refractivity contribution is 5.79. The van der Waals surface area contributed by atoms with E-state index in [-0.39, 0.29) is 6.09 Å². The fourth-order valence-electron chi connectivity index (χ4n) is 3.01. The maximum atomic E-state index is 12.3. The molecule has 0 aromatic carbocycles. The van der Waals surface area contributed by atoms with Crippen LogP contribution in [-0.2, 0) is 4.74 Å². The van der Waals surface area contributed by atoms with Gasteiger partial charge < -0.3 is 19.9 Å². The largest absolute Gasteiger partial charge is 0.444 e. The van der Waals surface area contributed by atoms with Gasteiger partial charge in [-0.25, -0.2) is 4.79 Å². The van der Waals surface area contributed by atoms with Gasteiger partial charge in [0, 0.05) is 39.8 Å². The molecule has 6 nitrogen and oxygen atoms in total. The Balaban J connectivity index is 2.45. The van der Waals surface area contributed by atoms with E-state index in [1.807, 2.05) is 39.6 Å². The SMILES string of the molecule is CCCCNC(=NC)N1CCC(CN(CC)C(=O)OC(C)(C)C)CC1. The topological polar surface area (TPSA) is 57.2 Å². The molecule has 0 aromatic heterocycles. The minimum absolute atomic E-state index is 0.200. The van der Waals surface area contributed by atoms with E-state index in [9.17, 15) is 4.79 Å². The van der Waals surface area contributed by atoms with Crippen LogP contribution in [0.25, 0.3) is 0 Å². The zero-order chi connectivity index (χ0) is 18.9. The van der Waals surface area contributed by atoms with Crippen LogP contribution < -0.4 is 5.32 Å². The van der Waals surface area contributed by atoms with Crippen molar-refractivity contribution in [2.75, 3.05) is 39.8 Å². The number of nitrogens with one attached hydrogen (secondary N) is 1. The molecule has 0 spiro atoms. The van der Waals surface area contributed by atoms with Gasteiger partial charge in [-0.05, 0) is 52.9 Å². The third-order valence-corrected chi connectivity index (χ3v) is 4.45. The minimum atomic E-state index is -0.440. The molecule has 0 aromatic rings. The molecule has 0 atom stereocenters. The summed E-state index contributed by atoms with van der Waals surface area (Å²) in [6.07, 6.45) is 4.30. The molecule has 1 amide bonds. The van der Waals surface area contributed by atoms with E-state index in [0.29, 0.717) is 12.5 Å². The van der Waals surface area contributed by atoms with E-state index in [1.165, 1.54) is 6.42 Å². The van der Waals surface area contributed by atoms with Gasteiger partial charge in [0.25, 0.3) is 0 Å². The van der Waals surface area contributed by atoms with Crippen LogP contribution in [0.3, 0.4) is 0 Å². The maximum Gasteiger partial charge on any atom is 0.410 e. The number of unbranched alkanes of at least 4 members (excludes halogenated alkanes) is 1. The number of piperidine rings is 1. The molecule has 1 aliphatic heterocycles. The molecule has 0 bridgehead atoms. The van der Waals surface area contributed by atoms with Gasteiger partial charge in [0.15, 0.2) is 5.96 Å². The summed E-state index contributed by atoms with van der Waals surface area (Å²) in [5.74, 6) is 1.53. The Labute approximate surface area is 154 Å². The summed E-state index contributed by atoms with van der Waals surface area (Å²) in [6.45, 7) is 14.4.